The fourth-order valence-corrected chi connectivity index (χ4v) is 2.16. The normalized spacial score (nSPS) is 10.5. The SMILES string of the molecule is COc1cc(/C=C/C(=O)c2cccc(OCC(=O)[O-])c2)cc(OC)c1O. The number of allylic oxidation sites excluding steroid dienone is 1. The fraction of sp³-hybridized carbons (Fsp3) is 0.158. The Labute approximate surface area is 150 Å². The summed E-state index contributed by atoms with van der Waals surface area (Å²) >= 11 is 0. The van der Waals surface area contributed by atoms with Gasteiger partial charge in [-0.1, -0.05) is 18.2 Å². The highest BCUT2D eigenvalue weighted by molar-refractivity contribution is 6.07. The molecule has 0 heterocycles. The smallest absolute Gasteiger partial charge is 0.200 e. The Bertz CT molecular complexity index is 815. The van der Waals surface area contributed by atoms with E-state index in [1.54, 1.807) is 36.4 Å². The summed E-state index contributed by atoms with van der Waals surface area (Å²) in [7, 11) is 2.82. The van der Waals surface area contributed by atoms with Gasteiger partial charge in [0.15, 0.2) is 17.3 Å². The van der Waals surface area contributed by atoms with Gasteiger partial charge in [-0.15, -0.1) is 0 Å². The van der Waals surface area contributed by atoms with Crippen molar-refractivity contribution < 1.29 is 34.0 Å². The van der Waals surface area contributed by atoms with E-state index in [9.17, 15) is 19.8 Å². The van der Waals surface area contributed by atoms with E-state index in [4.69, 9.17) is 14.2 Å². The summed E-state index contributed by atoms with van der Waals surface area (Å²) < 4.78 is 15.1. The van der Waals surface area contributed by atoms with Crippen LogP contribution in [0.3, 0.4) is 0 Å². The maximum absolute atomic E-state index is 12.3. The van der Waals surface area contributed by atoms with Crippen LogP contribution in [-0.2, 0) is 4.79 Å². The Kier molecular flexibility index (Phi) is 6.21. The summed E-state index contributed by atoms with van der Waals surface area (Å²) in [6.07, 6.45) is 2.88. The minimum Gasteiger partial charge on any atom is -0.546 e. The van der Waals surface area contributed by atoms with E-state index in [1.165, 1.54) is 26.4 Å². The quantitative estimate of drug-likeness (QED) is 0.563. The molecule has 0 atom stereocenters. The van der Waals surface area contributed by atoms with Crippen LogP contribution in [0.15, 0.2) is 42.5 Å². The number of methoxy groups -OCH3 is 2. The van der Waals surface area contributed by atoms with Crippen molar-refractivity contribution >= 4 is 17.8 Å². The minimum atomic E-state index is -1.35. The molecule has 0 aliphatic heterocycles. The summed E-state index contributed by atoms with van der Waals surface area (Å²) in [5.74, 6) is -1.10. The number of hydrogen-bond acceptors (Lipinski definition) is 7. The number of carboxylic acids is 1. The van der Waals surface area contributed by atoms with Gasteiger partial charge in [-0.05, 0) is 35.9 Å². The lowest BCUT2D eigenvalue weighted by Crippen LogP contribution is -2.28. The Balaban J connectivity index is 2.19. The van der Waals surface area contributed by atoms with E-state index >= 15 is 0 Å². The van der Waals surface area contributed by atoms with Crippen molar-refractivity contribution in [1.29, 1.82) is 0 Å². The maximum Gasteiger partial charge on any atom is 0.200 e. The predicted molar refractivity (Wildman–Crippen MR) is 91.5 cm³/mol. The molecule has 2 aromatic rings. The number of benzene rings is 2. The van der Waals surface area contributed by atoms with E-state index in [-0.39, 0.29) is 28.8 Å². The first-order valence-corrected chi connectivity index (χ1v) is 7.54. The Hall–Kier alpha value is -3.48. The van der Waals surface area contributed by atoms with E-state index in [0.717, 1.165) is 0 Å². The summed E-state index contributed by atoms with van der Waals surface area (Å²) in [5, 5.41) is 20.3. The van der Waals surface area contributed by atoms with Gasteiger partial charge in [-0.3, -0.25) is 4.79 Å². The number of ketones is 1. The van der Waals surface area contributed by atoms with Crippen LogP contribution in [0, 0.1) is 0 Å². The molecule has 0 amide bonds. The van der Waals surface area contributed by atoms with Gasteiger partial charge in [0.1, 0.15) is 12.4 Å². The number of hydrogen-bond donors (Lipinski definition) is 1. The minimum absolute atomic E-state index is 0.128. The second kappa shape index (κ2) is 8.57. The number of rotatable bonds is 8. The molecule has 7 heteroatoms. The number of aromatic hydroxyl groups is 1. The van der Waals surface area contributed by atoms with Crippen LogP contribution < -0.4 is 19.3 Å². The van der Waals surface area contributed by atoms with Gasteiger partial charge in [0.05, 0.1) is 20.2 Å². The van der Waals surface area contributed by atoms with Gasteiger partial charge in [-0.2, -0.15) is 0 Å². The van der Waals surface area contributed by atoms with Crippen LogP contribution in [0.4, 0.5) is 0 Å². The van der Waals surface area contributed by atoms with Gasteiger partial charge in [0.2, 0.25) is 5.75 Å². The van der Waals surface area contributed by atoms with E-state index < -0.39 is 12.6 Å². The molecule has 26 heavy (non-hydrogen) atoms. The standard InChI is InChI=1S/C19H18O7/c1-24-16-8-12(9-17(25-2)19(16)23)6-7-15(20)13-4-3-5-14(10-13)26-11-18(21)22/h3-10,23H,11H2,1-2H3,(H,21,22)/p-1/b7-6+. The zero-order chi connectivity index (χ0) is 19.1. The van der Waals surface area contributed by atoms with Crippen molar-refractivity contribution in [1.82, 2.24) is 0 Å². The predicted octanol–water partition coefficient (Wildman–Crippen LogP) is 1.43. The van der Waals surface area contributed by atoms with Crippen molar-refractivity contribution in [3.63, 3.8) is 0 Å². The number of ether oxygens (including phenoxy) is 3. The third-order valence-corrected chi connectivity index (χ3v) is 3.40. The van der Waals surface area contributed by atoms with Crippen LogP contribution in [0.2, 0.25) is 0 Å². The molecule has 7 nitrogen and oxygen atoms in total. The van der Waals surface area contributed by atoms with Crippen LogP contribution in [-0.4, -0.2) is 37.7 Å². The van der Waals surface area contributed by atoms with Gasteiger partial charge in [-0.25, -0.2) is 0 Å². The van der Waals surface area contributed by atoms with Crippen LogP contribution in [0.25, 0.3) is 6.08 Å². The number of carbonyl (C=O) groups excluding carboxylic acids is 2. The first-order chi connectivity index (χ1) is 12.4. The van der Waals surface area contributed by atoms with Crippen molar-refractivity contribution in [3.05, 3.63) is 53.6 Å². The number of phenols is 1. The third-order valence-electron chi connectivity index (χ3n) is 3.40. The zero-order valence-corrected chi connectivity index (χ0v) is 14.2. The van der Waals surface area contributed by atoms with Crippen molar-refractivity contribution in [2.24, 2.45) is 0 Å². The van der Waals surface area contributed by atoms with Gasteiger partial charge in [0, 0.05) is 5.56 Å². The summed E-state index contributed by atoms with van der Waals surface area (Å²) in [6, 6.07) is 9.25. The highest BCUT2D eigenvalue weighted by Gasteiger charge is 2.10. The Morgan fingerprint density at radius 1 is 1.12 bits per heavy atom. The molecule has 0 saturated carbocycles. The highest BCUT2D eigenvalue weighted by atomic mass is 16.5. The number of aliphatic carboxylic acids is 1. The van der Waals surface area contributed by atoms with E-state index in [1.807, 2.05) is 0 Å². The van der Waals surface area contributed by atoms with Gasteiger partial charge >= 0.3 is 0 Å². The molecule has 0 radical (unpaired) electrons. The first-order valence-electron chi connectivity index (χ1n) is 7.54. The van der Waals surface area contributed by atoms with Crippen LogP contribution in [0.5, 0.6) is 23.0 Å². The summed E-state index contributed by atoms with van der Waals surface area (Å²) in [6.45, 7) is -0.597. The lowest BCUT2D eigenvalue weighted by atomic mass is 10.1. The molecule has 136 valence electrons. The lowest BCUT2D eigenvalue weighted by Gasteiger charge is -2.09. The van der Waals surface area contributed by atoms with Crippen molar-refractivity contribution in [3.8, 4) is 23.0 Å². The molecular formula is C19H17O7-. The molecule has 1 N–H and O–H groups in total. The monoisotopic (exact) mass is 357 g/mol. The zero-order valence-electron chi connectivity index (χ0n) is 14.2. The molecule has 0 unspecified atom stereocenters. The average molecular weight is 357 g/mol. The number of carboxylic acid groups (broad SMARTS) is 1. The first kappa shape index (κ1) is 18.9. The van der Waals surface area contributed by atoms with Crippen molar-refractivity contribution in [2.75, 3.05) is 20.8 Å². The molecule has 0 bridgehead atoms. The summed E-state index contributed by atoms with van der Waals surface area (Å²) in [4.78, 5) is 22.7. The van der Waals surface area contributed by atoms with Gasteiger partial charge < -0.3 is 29.2 Å². The maximum atomic E-state index is 12.3. The Morgan fingerprint density at radius 3 is 2.35 bits per heavy atom. The molecule has 0 saturated heterocycles. The molecule has 0 fully saturated rings. The molecule has 0 aliphatic carbocycles. The topological polar surface area (TPSA) is 105 Å². The highest BCUT2D eigenvalue weighted by Crippen LogP contribution is 2.37. The van der Waals surface area contributed by atoms with Crippen LogP contribution in [0.1, 0.15) is 15.9 Å². The molecule has 0 aromatic heterocycles. The van der Waals surface area contributed by atoms with E-state index in [2.05, 4.69) is 0 Å². The number of phenolic OH excluding ortho intramolecular Hbond substituents is 1. The third kappa shape index (κ3) is 4.76. The Morgan fingerprint density at radius 2 is 1.77 bits per heavy atom. The molecular weight excluding hydrogens is 340 g/mol. The average Bonchev–Trinajstić information content (AvgIpc) is 2.65. The molecule has 2 rings (SSSR count). The van der Waals surface area contributed by atoms with Gasteiger partial charge in [0.25, 0.3) is 0 Å². The van der Waals surface area contributed by atoms with E-state index in [0.29, 0.717) is 11.1 Å². The fourth-order valence-electron chi connectivity index (χ4n) is 2.16. The molecule has 0 aliphatic rings. The largest absolute Gasteiger partial charge is 0.546 e. The van der Waals surface area contributed by atoms with Crippen molar-refractivity contribution in [2.45, 2.75) is 0 Å². The summed E-state index contributed by atoms with van der Waals surface area (Å²) in [5.41, 5.74) is 0.920. The second-order valence-corrected chi connectivity index (χ2v) is 5.16. The van der Waals surface area contributed by atoms with Crippen LogP contribution >= 0.6 is 0 Å². The number of carbonyl (C=O) groups is 2. The molecule has 2 aromatic carbocycles. The lowest BCUT2D eigenvalue weighted by molar-refractivity contribution is -0.307. The second-order valence-electron chi connectivity index (χ2n) is 5.16. The molecule has 0 spiro atoms.